The monoisotopic (exact) mass is 392 g/mol. The van der Waals surface area contributed by atoms with Crippen molar-refractivity contribution in [1.82, 2.24) is 0 Å². The van der Waals surface area contributed by atoms with Gasteiger partial charge in [0.1, 0.15) is 5.82 Å². The molecule has 28 heavy (non-hydrogen) atoms. The van der Waals surface area contributed by atoms with Crippen molar-refractivity contribution in [3.63, 3.8) is 0 Å². The minimum Gasteiger partial charge on any atom is -0.353 e. The Morgan fingerprint density at radius 2 is 1.75 bits per heavy atom. The zero-order valence-electron chi connectivity index (χ0n) is 16.4. The molecule has 0 bridgehead atoms. The first-order valence-electron chi connectivity index (χ1n) is 10.0. The van der Waals surface area contributed by atoms with Crippen molar-refractivity contribution in [2.24, 2.45) is 0 Å². The highest BCUT2D eigenvalue weighted by Gasteiger charge is 2.24. The van der Waals surface area contributed by atoms with Gasteiger partial charge < -0.3 is 9.47 Å². The van der Waals surface area contributed by atoms with E-state index in [1.54, 1.807) is 6.07 Å². The molecule has 0 N–H and O–H groups in total. The second kappa shape index (κ2) is 9.57. The lowest BCUT2D eigenvalue weighted by molar-refractivity contribution is -0.167. The van der Waals surface area contributed by atoms with Crippen LogP contribution < -0.4 is 0 Å². The Balaban J connectivity index is 1.76. The summed E-state index contributed by atoms with van der Waals surface area (Å²) in [5.41, 5.74) is 1.15. The molecule has 2 nitrogen and oxygen atoms in total. The predicted octanol–water partition coefficient (Wildman–Crippen LogP) is 6.37. The summed E-state index contributed by atoms with van der Waals surface area (Å²) in [5.74, 6) is -2.36. The highest BCUT2D eigenvalue weighted by Crippen LogP contribution is 2.33. The van der Waals surface area contributed by atoms with Gasteiger partial charge in [0.2, 0.25) is 0 Å². The van der Waals surface area contributed by atoms with Gasteiger partial charge in [0, 0.05) is 23.7 Å². The van der Waals surface area contributed by atoms with Crippen LogP contribution in [0.15, 0.2) is 30.3 Å². The van der Waals surface area contributed by atoms with Gasteiger partial charge in [-0.05, 0) is 42.9 Å². The minimum absolute atomic E-state index is 0.0469. The molecule has 1 heterocycles. The van der Waals surface area contributed by atoms with Crippen LogP contribution in [0.25, 0.3) is 11.1 Å². The maximum atomic E-state index is 14.7. The van der Waals surface area contributed by atoms with Crippen molar-refractivity contribution in [3.05, 3.63) is 58.9 Å². The summed E-state index contributed by atoms with van der Waals surface area (Å²) in [7, 11) is 0. The Bertz CT molecular complexity index is 799. The average molecular weight is 392 g/mol. The van der Waals surface area contributed by atoms with Gasteiger partial charge in [-0.1, -0.05) is 44.5 Å². The van der Waals surface area contributed by atoms with Gasteiger partial charge in [0.15, 0.2) is 17.9 Å². The number of ether oxygens (including phenoxy) is 2. The van der Waals surface area contributed by atoms with E-state index in [0.717, 1.165) is 24.8 Å². The molecule has 152 valence electrons. The quantitative estimate of drug-likeness (QED) is 0.545. The van der Waals surface area contributed by atoms with Crippen molar-refractivity contribution in [2.75, 3.05) is 13.2 Å². The SMILES string of the molecule is CCCOC1CCC(c2ccc(-c3ccc(CCC)c(F)c3F)c(F)c2)CO1. The highest BCUT2D eigenvalue weighted by atomic mass is 19.2. The Morgan fingerprint density at radius 1 is 0.964 bits per heavy atom. The Kier molecular flexibility index (Phi) is 7.13. The molecular weight excluding hydrogens is 365 g/mol. The number of benzene rings is 2. The van der Waals surface area contributed by atoms with Crippen LogP contribution in [-0.2, 0) is 15.9 Å². The van der Waals surface area contributed by atoms with Gasteiger partial charge >= 0.3 is 0 Å². The van der Waals surface area contributed by atoms with Gasteiger partial charge in [-0.3, -0.25) is 0 Å². The highest BCUT2D eigenvalue weighted by molar-refractivity contribution is 5.66. The Labute approximate surface area is 164 Å². The summed E-state index contributed by atoms with van der Waals surface area (Å²) in [4.78, 5) is 0. The summed E-state index contributed by atoms with van der Waals surface area (Å²) in [5, 5.41) is 0. The van der Waals surface area contributed by atoms with Gasteiger partial charge in [-0.25, -0.2) is 13.2 Å². The zero-order valence-corrected chi connectivity index (χ0v) is 16.4. The fourth-order valence-corrected chi connectivity index (χ4v) is 3.63. The minimum atomic E-state index is -0.991. The molecule has 0 aliphatic carbocycles. The smallest absolute Gasteiger partial charge is 0.167 e. The normalized spacial score (nSPS) is 19.8. The number of hydrogen-bond donors (Lipinski definition) is 0. The summed E-state index contributed by atoms with van der Waals surface area (Å²) >= 11 is 0. The van der Waals surface area contributed by atoms with Crippen LogP contribution in [0.4, 0.5) is 13.2 Å². The fraction of sp³-hybridized carbons (Fsp3) is 0.478. The van der Waals surface area contributed by atoms with Crippen LogP contribution in [-0.4, -0.2) is 19.5 Å². The maximum Gasteiger partial charge on any atom is 0.167 e. The fourth-order valence-electron chi connectivity index (χ4n) is 3.63. The Morgan fingerprint density at radius 3 is 2.39 bits per heavy atom. The third-order valence-corrected chi connectivity index (χ3v) is 5.18. The Hall–Kier alpha value is -1.85. The molecule has 2 unspecified atom stereocenters. The molecular formula is C23H27F3O2. The van der Waals surface area contributed by atoms with Crippen LogP contribution >= 0.6 is 0 Å². The van der Waals surface area contributed by atoms with E-state index in [-0.39, 0.29) is 23.3 Å². The first kappa shape index (κ1) is 20.9. The van der Waals surface area contributed by atoms with Gasteiger partial charge in [-0.15, -0.1) is 0 Å². The molecule has 0 amide bonds. The molecule has 0 radical (unpaired) electrons. The molecule has 1 saturated heterocycles. The third kappa shape index (κ3) is 4.58. The van der Waals surface area contributed by atoms with Crippen LogP contribution in [0, 0.1) is 17.5 Å². The molecule has 5 heteroatoms. The van der Waals surface area contributed by atoms with Gasteiger partial charge in [0.25, 0.3) is 0 Å². The molecule has 1 aliphatic heterocycles. The first-order chi connectivity index (χ1) is 13.5. The largest absolute Gasteiger partial charge is 0.353 e. The number of aryl methyl sites for hydroxylation is 1. The molecule has 2 aromatic carbocycles. The van der Waals surface area contributed by atoms with E-state index in [4.69, 9.17) is 9.47 Å². The molecule has 2 aromatic rings. The summed E-state index contributed by atoms with van der Waals surface area (Å²) in [6.45, 7) is 5.07. The molecule has 0 saturated carbocycles. The number of hydrogen-bond acceptors (Lipinski definition) is 2. The molecule has 3 rings (SSSR count). The van der Waals surface area contributed by atoms with Crippen molar-refractivity contribution < 1.29 is 22.6 Å². The van der Waals surface area contributed by atoms with E-state index in [9.17, 15) is 13.2 Å². The van der Waals surface area contributed by atoms with Crippen LogP contribution in [0.1, 0.15) is 56.6 Å². The predicted molar refractivity (Wildman–Crippen MR) is 104 cm³/mol. The zero-order chi connectivity index (χ0) is 20.1. The number of rotatable bonds is 7. The van der Waals surface area contributed by atoms with E-state index in [2.05, 4.69) is 0 Å². The van der Waals surface area contributed by atoms with Crippen molar-refractivity contribution >= 4 is 0 Å². The van der Waals surface area contributed by atoms with E-state index >= 15 is 0 Å². The lowest BCUT2D eigenvalue weighted by Gasteiger charge is -2.29. The number of halogens is 3. The van der Waals surface area contributed by atoms with Crippen molar-refractivity contribution in [3.8, 4) is 11.1 Å². The molecule has 1 fully saturated rings. The van der Waals surface area contributed by atoms with Gasteiger partial charge in [0.05, 0.1) is 6.61 Å². The average Bonchev–Trinajstić information content (AvgIpc) is 2.71. The van der Waals surface area contributed by atoms with Crippen molar-refractivity contribution in [1.29, 1.82) is 0 Å². The van der Waals surface area contributed by atoms with Crippen LogP contribution in [0.2, 0.25) is 0 Å². The van der Waals surface area contributed by atoms with E-state index in [0.29, 0.717) is 31.6 Å². The molecule has 2 atom stereocenters. The summed E-state index contributed by atoms with van der Waals surface area (Å²) in [6.07, 6.45) is 3.50. The maximum absolute atomic E-state index is 14.7. The molecule has 1 aliphatic rings. The standard InChI is InChI=1S/C23H27F3O2/c1-3-5-15-6-10-19(23(26)22(15)25)18-9-7-16(13-20(18)24)17-8-11-21(28-14-17)27-12-4-2/h6-7,9-10,13,17,21H,3-5,8,11-12,14H2,1-2H3. The van der Waals surface area contributed by atoms with E-state index in [1.807, 2.05) is 13.8 Å². The topological polar surface area (TPSA) is 18.5 Å². The van der Waals surface area contributed by atoms with E-state index in [1.165, 1.54) is 24.3 Å². The van der Waals surface area contributed by atoms with Crippen LogP contribution in [0.3, 0.4) is 0 Å². The van der Waals surface area contributed by atoms with Crippen LogP contribution in [0.5, 0.6) is 0 Å². The second-order valence-electron chi connectivity index (χ2n) is 7.30. The summed E-state index contributed by atoms with van der Waals surface area (Å²) < 4.78 is 54.8. The van der Waals surface area contributed by atoms with E-state index < -0.39 is 17.5 Å². The third-order valence-electron chi connectivity index (χ3n) is 5.18. The second-order valence-corrected chi connectivity index (χ2v) is 7.30. The lowest BCUT2D eigenvalue weighted by atomic mass is 9.91. The summed E-state index contributed by atoms with van der Waals surface area (Å²) in [6, 6.07) is 7.71. The van der Waals surface area contributed by atoms with Crippen molar-refractivity contribution in [2.45, 2.75) is 58.2 Å². The molecule has 0 spiro atoms. The first-order valence-corrected chi connectivity index (χ1v) is 10.0. The lowest BCUT2D eigenvalue weighted by Crippen LogP contribution is -2.27. The molecule has 0 aromatic heterocycles. The van der Waals surface area contributed by atoms with Gasteiger partial charge in [-0.2, -0.15) is 0 Å².